The van der Waals surface area contributed by atoms with Crippen LogP contribution in [0.3, 0.4) is 0 Å². The van der Waals surface area contributed by atoms with E-state index in [0.29, 0.717) is 6.42 Å². The summed E-state index contributed by atoms with van der Waals surface area (Å²) in [7, 11) is 0. The molecule has 26 heavy (non-hydrogen) atoms. The summed E-state index contributed by atoms with van der Waals surface area (Å²) in [5.41, 5.74) is 1.14. The van der Waals surface area contributed by atoms with Gasteiger partial charge in [-0.15, -0.1) is 0 Å². The van der Waals surface area contributed by atoms with Gasteiger partial charge in [0.25, 0.3) is 0 Å². The Hall–Kier alpha value is -2.01. The van der Waals surface area contributed by atoms with Crippen LogP contribution in [-0.4, -0.2) is 32.8 Å². The maximum absolute atomic E-state index is 12.8. The van der Waals surface area contributed by atoms with Crippen molar-refractivity contribution < 1.29 is 24.9 Å². The number of aromatic hydroxyl groups is 3. The van der Waals surface area contributed by atoms with Gasteiger partial charge in [0.05, 0.1) is 11.7 Å². The normalized spacial score (nSPS) is 19.1. The minimum Gasteiger partial charge on any atom is -0.507 e. The van der Waals surface area contributed by atoms with Crippen molar-refractivity contribution >= 4 is 5.78 Å². The molecule has 0 spiro atoms. The number of ketones is 1. The molecule has 0 saturated carbocycles. The highest BCUT2D eigenvalue weighted by molar-refractivity contribution is 6.03. The summed E-state index contributed by atoms with van der Waals surface area (Å²) in [6.45, 7) is 11.3. The number of hydrogen-bond donors (Lipinski definition) is 3. The molecule has 1 fully saturated rings. The van der Waals surface area contributed by atoms with Crippen molar-refractivity contribution in [3.63, 3.8) is 0 Å². The number of ether oxygens (including phenoxy) is 1. The lowest BCUT2D eigenvalue weighted by Gasteiger charge is -2.19. The molecule has 1 saturated heterocycles. The van der Waals surface area contributed by atoms with Crippen LogP contribution >= 0.6 is 0 Å². The third-order valence-corrected chi connectivity index (χ3v) is 5.19. The van der Waals surface area contributed by atoms with Gasteiger partial charge in [-0.2, -0.15) is 0 Å². The minimum atomic E-state index is -0.339. The van der Waals surface area contributed by atoms with Crippen LogP contribution in [0.1, 0.15) is 69.4 Å². The van der Waals surface area contributed by atoms with E-state index in [1.807, 2.05) is 40.7 Å². The van der Waals surface area contributed by atoms with Crippen molar-refractivity contribution in [2.45, 2.75) is 72.5 Å². The molecule has 1 aromatic rings. The summed E-state index contributed by atoms with van der Waals surface area (Å²) >= 11 is 0. The fraction of sp³-hybridized carbons (Fsp3) is 0.571. The zero-order valence-corrected chi connectivity index (χ0v) is 16.5. The van der Waals surface area contributed by atoms with E-state index in [2.05, 4.69) is 0 Å². The summed E-state index contributed by atoms with van der Waals surface area (Å²) in [6.07, 6.45) is 2.88. The van der Waals surface area contributed by atoms with Crippen LogP contribution in [0.5, 0.6) is 17.2 Å². The Morgan fingerprint density at radius 3 is 2.15 bits per heavy atom. The smallest absolute Gasteiger partial charge is 0.173 e. The minimum absolute atomic E-state index is 0.0947. The first-order valence-corrected chi connectivity index (χ1v) is 9.15. The first kappa shape index (κ1) is 20.3. The summed E-state index contributed by atoms with van der Waals surface area (Å²) < 4.78 is 5.57. The van der Waals surface area contributed by atoms with Gasteiger partial charge in [0.15, 0.2) is 5.78 Å². The van der Waals surface area contributed by atoms with Crippen molar-refractivity contribution in [2.75, 3.05) is 0 Å². The number of hydrogen-bond acceptors (Lipinski definition) is 5. The zero-order chi connectivity index (χ0) is 19.8. The fourth-order valence-corrected chi connectivity index (χ4v) is 2.98. The van der Waals surface area contributed by atoms with Crippen LogP contribution in [-0.2, 0) is 17.6 Å². The molecule has 1 heterocycles. The van der Waals surface area contributed by atoms with E-state index in [9.17, 15) is 20.1 Å². The monoisotopic (exact) mass is 362 g/mol. The lowest BCUT2D eigenvalue weighted by molar-refractivity contribution is 0.0921. The maximum Gasteiger partial charge on any atom is 0.173 e. The lowest BCUT2D eigenvalue weighted by Crippen LogP contribution is -2.14. The zero-order valence-electron chi connectivity index (χ0n) is 16.5. The van der Waals surface area contributed by atoms with Crippen molar-refractivity contribution in [3.05, 3.63) is 28.3 Å². The van der Waals surface area contributed by atoms with E-state index in [0.717, 1.165) is 5.57 Å². The molecule has 5 nitrogen and oxygen atoms in total. The van der Waals surface area contributed by atoms with Crippen LogP contribution in [0.2, 0.25) is 0 Å². The standard InChI is InChI=1S/C21H30O5/c1-7-12(4)17(22)16-19(24)13(9-8-11(2)3)18(23)14(20(16)25)10-15-21(5,6)26-15/h8,12,15,23-25H,7,9-10H2,1-6H3/t12-,15+/m0/s1. The molecule has 0 unspecified atom stereocenters. The number of carbonyl (C=O) groups is 1. The molecule has 0 radical (unpaired) electrons. The highest BCUT2D eigenvalue weighted by Gasteiger charge is 2.48. The Bertz CT molecular complexity index is 742. The van der Waals surface area contributed by atoms with E-state index in [1.165, 1.54) is 0 Å². The maximum atomic E-state index is 12.8. The highest BCUT2D eigenvalue weighted by Crippen LogP contribution is 2.47. The molecule has 3 N–H and O–H groups in total. The van der Waals surface area contributed by atoms with Gasteiger partial charge < -0.3 is 20.1 Å². The summed E-state index contributed by atoms with van der Waals surface area (Å²) in [5.74, 6) is -1.49. The molecule has 1 aromatic carbocycles. The Balaban J connectivity index is 2.60. The van der Waals surface area contributed by atoms with Crippen LogP contribution in [0.25, 0.3) is 0 Å². The summed E-state index contributed by atoms with van der Waals surface area (Å²) in [4.78, 5) is 12.8. The topological polar surface area (TPSA) is 90.3 Å². The second-order valence-electron chi connectivity index (χ2n) is 7.95. The van der Waals surface area contributed by atoms with Gasteiger partial charge in [-0.25, -0.2) is 0 Å². The van der Waals surface area contributed by atoms with E-state index in [-0.39, 0.29) is 70.2 Å². The van der Waals surface area contributed by atoms with Gasteiger partial charge in [-0.3, -0.25) is 4.79 Å². The second-order valence-corrected chi connectivity index (χ2v) is 7.95. The number of benzene rings is 1. The van der Waals surface area contributed by atoms with Gasteiger partial charge in [0.2, 0.25) is 0 Å². The largest absolute Gasteiger partial charge is 0.507 e. The first-order valence-electron chi connectivity index (χ1n) is 9.15. The van der Waals surface area contributed by atoms with Gasteiger partial charge in [0.1, 0.15) is 22.8 Å². The highest BCUT2D eigenvalue weighted by atomic mass is 16.6. The number of phenols is 3. The Morgan fingerprint density at radius 1 is 1.15 bits per heavy atom. The van der Waals surface area contributed by atoms with Crippen molar-refractivity contribution in [2.24, 2.45) is 5.92 Å². The molecule has 0 amide bonds. The summed E-state index contributed by atoms with van der Waals surface area (Å²) in [6, 6.07) is 0. The number of epoxide rings is 1. The Morgan fingerprint density at radius 2 is 1.69 bits per heavy atom. The molecule has 2 rings (SSSR count). The Labute approximate surface area is 155 Å². The number of phenolic OH excluding ortho intramolecular Hbond substituents is 3. The molecule has 1 aliphatic rings. The third kappa shape index (κ3) is 3.88. The molecule has 1 aliphatic heterocycles. The van der Waals surface area contributed by atoms with E-state index >= 15 is 0 Å². The molecular formula is C21H30O5. The van der Waals surface area contributed by atoms with E-state index in [1.54, 1.807) is 6.92 Å². The average molecular weight is 362 g/mol. The fourth-order valence-electron chi connectivity index (χ4n) is 2.98. The predicted molar refractivity (Wildman–Crippen MR) is 101 cm³/mol. The van der Waals surface area contributed by atoms with Crippen LogP contribution in [0.4, 0.5) is 0 Å². The lowest BCUT2D eigenvalue weighted by atomic mass is 9.88. The molecule has 0 aliphatic carbocycles. The predicted octanol–water partition coefficient (Wildman–Crippen LogP) is 4.26. The SMILES string of the molecule is CC[C@H](C)C(=O)c1c(O)c(CC=C(C)C)c(O)c(C[C@H]2OC2(C)C)c1O. The van der Waals surface area contributed by atoms with Crippen molar-refractivity contribution in [1.82, 2.24) is 0 Å². The molecule has 2 atom stereocenters. The van der Waals surface area contributed by atoms with Gasteiger partial charge in [-0.05, 0) is 40.5 Å². The van der Waals surface area contributed by atoms with Crippen molar-refractivity contribution in [1.29, 1.82) is 0 Å². The number of carbonyl (C=O) groups excluding carboxylic acids is 1. The molecule has 5 heteroatoms. The van der Waals surface area contributed by atoms with Crippen LogP contribution in [0, 0.1) is 5.92 Å². The molecule has 0 bridgehead atoms. The van der Waals surface area contributed by atoms with Gasteiger partial charge in [0, 0.05) is 23.5 Å². The van der Waals surface area contributed by atoms with E-state index in [4.69, 9.17) is 4.74 Å². The Kier molecular flexibility index (Phi) is 5.71. The van der Waals surface area contributed by atoms with Gasteiger partial charge >= 0.3 is 0 Å². The third-order valence-electron chi connectivity index (χ3n) is 5.19. The quantitative estimate of drug-likeness (QED) is 0.383. The number of rotatable bonds is 7. The molecule has 0 aromatic heterocycles. The number of Topliss-reactive ketones (excluding diaryl/α,β-unsaturated/α-hetero) is 1. The van der Waals surface area contributed by atoms with Gasteiger partial charge in [-0.1, -0.05) is 25.5 Å². The van der Waals surface area contributed by atoms with Crippen molar-refractivity contribution in [3.8, 4) is 17.2 Å². The van der Waals surface area contributed by atoms with E-state index < -0.39 is 0 Å². The van der Waals surface area contributed by atoms with Crippen LogP contribution in [0.15, 0.2) is 11.6 Å². The van der Waals surface area contributed by atoms with Crippen LogP contribution < -0.4 is 0 Å². The first-order chi connectivity index (χ1) is 12.0. The molecule has 144 valence electrons. The summed E-state index contributed by atoms with van der Waals surface area (Å²) in [5, 5.41) is 32.1. The second kappa shape index (κ2) is 7.31. The average Bonchev–Trinajstić information content (AvgIpc) is 3.16. The number of allylic oxidation sites excluding steroid dienone is 2. The molecular weight excluding hydrogens is 332 g/mol.